The van der Waals surface area contributed by atoms with Crippen LogP contribution in [0.2, 0.25) is 0 Å². The molecule has 0 aliphatic rings. The van der Waals surface area contributed by atoms with E-state index in [2.05, 4.69) is 10.6 Å². The van der Waals surface area contributed by atoms with Crippen LogP contribution in [0.3, 0.4) is 0 Å². The third-order valence-corrected chi connectivity index (χ3v) is 2.40. The van der Waals surface area contributed by atoms with Gasteiger partial charge in [-0.1, -0.05) is 12.1 Å². The second-order valence-corrected chi connectivity index (χ2v) is 6.22. The van der Waals surface area contributed by atoms with Gasteiger partial charge in [-0.05, 0) is 52.3 Å². The van der Waals surface area contributed by atoms with Crippen molar-refractivity contribution in [1.82, 2.24) is 10.6 Å². The van der Waals surface area contributed by atoms with Crippen LogP contribution in [0, 0.1) is 0 Å². The van der Waals surface area contributed by atoms with Crippen LogP contribution in [0.1, 0.15) is 40.2 Å². The third kappa shape index (κ3) is 7.14. The average Bonchev–Trinajstić information content (AvgIpc) is 2.25. The number of carbonyl (C=O) groups is 1. The number of rotatable bonds is 6. The summed E-state index contributed by atoms with van der Waals surface area (Å²) in [5, 5.41) is 6.05. The molecule has 4 heteroatoms. The molecule has 0 atom stereocenters. The number of nitrogens with one attached hydrogen (secondary N) is 2. The van der Waals surface area contributed by atoms with Crippen LogP contribution in [0.5, 0.6) is 5.75 Å². The van der Waals surface area contributed by atoms with Crippen LogP contribution >= 0.6 is 0 Å². The summed E-state index contributed by atoms with van der Waals surface area (Å²) < 4.78 is 5.64. The van der Waals surface area contributed by atoms with E-state index < -0.39 is 0 Å². The Labute approximate surface area is 121 Å². The van der Waals surface area contributed by atoms with E-state index in [1.807, 2.05) is 58.9 Å². The van der Waals surface area contributed by atoms with Crippen LogP contribution in [0.15, 0.2) is 24.3 Å². The molecule has 0 radical (unpaired) electrons. The van der Waals surface area contributed by atoms with Crippen LogP contribution in [0.4, 0.5) is 0 Å². The number of benzene rings is 1. The van der Waals surface area contributed by atoms with Gasteiger partial charge < -0.3 is 15.4 Å². The lowest BCUT2D eigenvalue weighted by Crippen LogP contribution is -2.44. The highest BCUT2D eigenvalue weighted by atomic mass is 16.5. The molecule has 0 unspecified atom stereocenters. The molecular weight excluding hydrogens is 252 g/mol. The summed E-state index contributed by atoms with van der Waals surface area (Å²) >= 11 is 0. The Bertz CT molecular complexity index is 436. The fourth-order valence-electron chi connectivity index (χ4n) is 1.78. The number of hydrogen-bond donors (Lipinski definition) is 2. The van der Waals surface area contributed by atoms with Crippen molar-refractivity contribution in [1.29, 1.82) is 0 Å². The number of ether oxygens (including phenoxy) is 1. The first-order valence-electron chi connectivity index (χ1n) is 7.03. The van der Waals surface area contributed by atoms with Gasteiger partial charge in [0.2, 0.25) is 5.91 Å². The number of carbonyl (C=O) groups excluding carboxylic acids is 1. The fourth-order valence-corrected chi connectivity index (χ4v) is 1.78. The Morgan fingerprint density at radius 2 is 2.00 bits per heavy atom. The minimum atomic E-state index is -0.191. The first-order valence-corrected chi connectivity index (χ1v) is 7.03. The second-order valence-electron chi connectivity index (χ2n) is 6.22. The molecular formula is C16H26N2O2. The van der Waals surface area contributed by atoms with Gasteiger partial charge in [0, 0.05) is 12.1 Å². The number of hydrogen-bond acceptors (Lipinski definition) is 3. The molecule has 0 saturated carbocycles. The molecule has 0 spiro atoms. The van der Waals surface area contributed by atoms with Crippen molar-refractivity contribution in [2.45, 2.75) is 52.8 Å². The highest BCUT2D eigenvalue weighted by Crippen LogP contribution is 2.14. The summed E-state index contributed by atoms with van der Waals surface area (Å²) in [6, 6.07) is 7.91. The van der Waals surface area contributed by atoms with Gasteiger partial charge in [-0.3, -0.25) is 4.79 Å². The first-order chi connectivity index (χ1) is 9.26. The highest BCUT2D eigenvalue weighted by molar-refractivity contribution is 5.78. The SMILES string of the molecule is CC(C)Oc1cccc(CNCC(=O)NC(C)(C)C)c1. The van der Waals surface area contributed by atoms with Crippen LogP contribution in [-0.2, 0) is 11.3 Å². The summed E-state index contributed by atoms with van der Waals surface area (Å²) in [6.45, 7) is 10.9. The minimum Gasteiger partial charge on any atom is -0.491 e. The monoisotopic (exact) mass is 278 g/mol. The van der Waals surface area contributed by atoms with Crippen molar-refractivity contribution in [2.75, 3.05) is 6.54 Å². The first kappa shape index (κ1) is 16.5. The summed E-state index contributed by atoms with van der Waals surface area (Å²) in [5.74, 6) is 0.866. The average molecular weight is 278 g/mol. The maximum absolute atomic E-state index is 11.7. The zero-order valence-electron chi connectivity index (χ0n) is 13.1. The van der Waals surface area contributed by atoms with E-state index in [4.69, 9.17) is 4.74 Å². The van der Waals surface area contributed by atoms with Crippen molar-refractivity contribution in [3.63, 3.8) is 0 Å². The van der Waals surface area contributed by atoms with E-state index in [0.717, 1.165) is 11.3 Å². The molecule has 0 saturated heterocycles. The van der Waals surface area contributed by atoms with Crippen molar-refractivity contribution in [2.24, 2.45) is 0 Å². The molecule has 1 aromatic carbocycles. The predicted molar refractivity (Wildman–Crippen MR) is 81.8 cm³/mol. The summed E-state index contributed by atoms with van der Waals surface area (Å²) in [4.78, 5) is 11.7. The molecule has 1 rings (SSSR count). The Kier molecular flexibility index (Phi) is 6.02. The fraction of sp³-hybridized carbons (Fsp3) is 0.562. The summed E-state index contributed by atoms with van der Waals surface area (Å²) in [7, 11) is 0. The van der Waals surface area contributed by atoms with Crippen molar-refractivity contribution < 1.29 is 9.53 Å². The minimum absolute atomic E-state index is 0.00656. The maximum atomic E-state index is 11.7. The molecule has 4 nitrogen and oxygen atoms in total. The van der Waals surface area contributed by atoms with E-state index >= 15 is 0 Å². The predicted octanol–water partition coefficient (Wildman–Crippen LogP) is 2.48. The van der Waals surface area contributed by atoms with Gasteiger partial charge in [0.1, 0.15) is 5.75 Å². The molecule has 0 bridgehead atoms. The highest BCUT2D eigenvalue weighted by Gasteiger charge is 2.12. The van der Waals surface area contributed by atoms with Gasteiger partial charge in [-0.15, -0.1) is 0 Å². The molecule has 2 N–H and O–H groups in total. The van der Waals surface area contributed by atoms with E-state index in [0.29, 0.717) is 13.1 Å². The molecule has 1 amide bonds. The Balaban J connectivity index is 2.40. The van der Waals surface area contributed by atoms with Gasteiger partial charge in [0.25, 0.3) is 0 Å². The normalized spacial score (nSPS) is 11.5. The molecule has 0 aliphatic heterocycles. The van der Waals surface area contributed by atoms with Crippen molar-refractivity contribution in [3.8, 4) is 5.75 Å². The smallest absolute Gasteiger partial charge is 0.234 e. The van der Waals surface area contributed by atoms with Crippen LogP contribution in [0.25, 0.3) is 0 Å². The molecule has 0 fully saturated rings. The topological polar surface area (TPSA) is 50.4 Å². The van der Waals surface area contributed by atoms with Gasteiger partial charge >= 0.3 is 0 Å². The van der Waals surface area contributed by atoms with Gasteiger partial charge in [0.05, 0.1) is 12.6 Å². The third-order valence-electron chi connectivity index (χ3n) is 2.40. The lowest BCUT2D eigenvalue weighted by Gasteiger charge is -2.20. The maximum Gasteiger partial charge on any atom is 0.234 e. The molecule has 20 heavy (non-hydrogen) atoms. The van der Waals surface area contributed by atoms with Gasteiger partial charge in [-0.25, -0.2) is 0 Å². The lowest BCUT2D eigenvalue weighted by atomic mass is 10.1. The van der Waals surface area contributed by atoms with E-state index in [1.54, 1.807) is 0 Å². The standard InChI is InChI=1S/C16H26N2O2/c1-12(2)20-14-8-6-7-13(9-14)10-17-11-15(19)18-16(3,4)5/h6-9,12,17H,10-11H2,1-5H3,(H,18,19). The number of amides is 1. The Morgan fingerprint density at radius 1 is 1.30 bits per heavy atom. The summed E-state index contributed by atoms with van der Waals surface area (Å²) in [6.07, 6.45) is 0.163. The van der Waals surface area contributed by atoms with E-state index in [-0.39, 0.29) is 17.6 Å². The largest absolute Gasteiger partial charge is 0.491 e. The van der Waals surface area contributed by atoms with Gasteiger partial charge in [-0.2, -0.15) is 0 Å². The summed E-state index contributed by atoms with van der Waals surface area (Å²) in [5.41, 5.74) is 0.913. The van der Waals surface area contributed by atoms with E-state index in [1.165, 1.54) is 0 Å². The quantitative estimate of drug-likeness (QED) is 0.840. The van der Waals surface area contributed by atoms with E-state index in [9.17, 15) is 4.79 Å². The van der Waals surface area contributed by atoms with Gasteiger partial charge in [0.15, 0.2) is 0 Å². The molecule has 1 aromatic rings. The van der Waals surface area contributed by atoms with Crippen molar-refractivity contribution >= 4 is 5.91 Å². The van der Waals surface area contributed by atoms with Crippen LogP contribution < -0.4 is 15.4 Å². The molecule has 112 valence electrons. The molecule has 0 aliphatic carbocycles. The van der Waals surface area contributed by atoms with Crippen LogP contribution in [-0.4, -0.2) is 24.1 Å². The molecule has 0 heterocycles. The lowest BCUT2D eigenvalue weighted by molar-refractivity contribution is -0.121. The van der Waals surface area contributed by atoms with Crippen molar-refractivity contribution in [3.05, 3.63) is 29.8 Å². The molecule has 0 aromatic heterocycles. The second kappa shape index (κ2) is 7.29. The zero-order chi connectivity index (χ0) is 15.2. The Morgan fingerprint density at radius 3 is 2.60 bits per heavy atom. The zero-order valence-corrected chi connectivity index (χ0v) is 13.1. The Hall–Kier alpha value is -1.55.